The Labute approximate surface area is 94.9 Å². The third kappa shape index (κ3) is 13.3. The van der Waals surface area contributed by atoms with E-state index in [9.17, 15) is 0 Å². The van der Waals surface area contributed by atoms with Gasteiger partial charge in [-0.1, -0.05) is 20.4 Å². The molecule has 0 aromatic rings. The maximum Gasteiger partial charge on any atom is 0.0277 e. The highest BCUT2D eigenvalue weighted by Crippen LogP contribution is 1.99. The van der Waals surface area contributed by atoms with Crippen molar-refractivity contribution >= 4 is 5.71 Å². The summed E-state index contributed by atoms with van der Waals surface area (Å²) >= 11 is 0. The van der Waals surface area contributed by atoms with Crippen molar-refractivity contribution < 1.29 is 0 Å². The average Bonchev–Trinajstić information content (AvgIpc) is 2.33. The summed E-state index contributed by atoms with van der Waals surface area (Å²) in [5.74, 6) is 0. The molecule has 0 spiro atoms. The van der Waals surface area contributed by atoms with Gasteiger partial charge >= 0.3 is 0 Å². The first-order chi connectivity index (χ1) is 7.20. The molecular formula is C12H27N3. The highest BCUT2D eigenvalue weighted by atomic mass is 14.9. The van der Waals surface area contributed by atoms with Crippen LogP contribution in [-0.2, 0) is 0 Å². The minimum atomic E-state index is 0.519. The van der Waals surface area contributed by atoms with Crippen molar-refractivity contribution in [3.8, 4) is 0 Å². The van der Waals surface area contributed by atoms with Gasteiger partial charge in [-0.05, 0) is 46.0 Å². The second kappa shape index (κ2) is 13.3. The van der Waals surface area contributed by atoms with E-state index in [0.717, 1.165) is 6.04 Å². The first-order valence-corrected chi connectivity index (χ1v) is 5.76. The molecule has 0 bridgehead atoms. The summed E-state index contributed by atoms with van der Waals surface area (Å²) in [5.41, 5.74) is 0.519. The van der Waals surface area contributed by atoms with Gasteiger partial charge in [-0.15, -0.1) is 0 Å². The summed E-state index contributed by atoms with van der Waals surface area (Å²) < 4.78 is 0. The molecule has 0 aromatic carbocycles. The van der Waals surface area contributed by atoms with Gasteiger partial charge in [-0.2, -0.15) is 0 Å². The molecule has 0 atom stereocenters. The highest BCUT2D eigenvalue weighted by molar-refractivity contribution is 5.89. The normalized spacial score (nSPS) is 15.2. The number of nitrogens with one attached hydrogen (secondary N) is 3. The van der Waals surface area contributed by atoms with E-state index in [-0.39, 0.29) is 0 Å². The van der Waals surface area contributed by atoms with Crippen LogP contribution in [0.4, 0.5) is 0 Å². The molecule has 1 rings (SSSR count). The molecule has 1 aliphatic rings. The third-order valence-corrected chi connectivity index (χ3v) is 2.05. The van der Waals surface area contributed by atoms with Gasteiger partial charge in [0.25, 0.3) is 0 Å². The first kappa shape index (κ1) is 16.7. The van der Waals surface area contributed by atoms with Crippen LogP contribution in [-0.4, -0.2) is 31.9 Å². The number of rotatable bonds is 2. The first-order valence-electron chi connectivity index (χ1n) is 5.76. The second-order valence-electron chi connectivity index (χ2n) is 3.20. The number of piperidine rings is 1. The Morgan fingerprint density at radius 1 is 1.40 bits per heavy atom. The van der Waals surface area contributed by atoms with Crippen LogP contribution in [0.1, 0.15) is 33.6 Å². The molecule has 3 heteroatoms. The summed E-state index contributed by atoms with van der Waals surface area (Å²) in [5, 5.41) is 13.2. The lowest BCUT2D eigenvalue weighted by atomic mass is 10.1. The fourth-order valence-electron chi connectivity index (χ4n) is 1.11. The van der Waals surface area contributed by atoms with Crippen LogP contribution in [0.5, 0.6) is 0 Å². The summed E-state index contributed by atoms with van der Waals surface area (Å²) in [4.78, 5) is 0. The van der Waals surface area contributed by atoms with Crippen molar-refractivity contribution in [2.24, 2.45) is 0 Å². The Bertz CT molecular complexity index is 149. The second-order valence-corrected chi connectivity index (χ2v) is 3.20. The maximum absolute atomic E-state index is 6.62. The van der Waals surface area contributed by atoms with Gasteiger partial charge in [-0.25, -0.2) is 0 Å². The predicted octanol–water partition coefficient (Wildman–Crippen LogP) is 2.20. The molecule has 0 amide bonds. The van der Waals surface area contributed by atoms with Crippen LogP contribution in [0.25, 0.3) is 0 Å². The van der Waals surface area contributed by atoms with Crippen molar-refractivity contribution in [2.75, 3.05) is 20.1 Å². The van der Waals surface area contributed by atoms with Crippen LogP contribution >= 0.6 is 0 Å². The van der Waals surface area contributed by atoms with Gasteiger partial charge in [0.1, 0.15) is 0 Å². The molecular weight excluding hydrogens is 186 g/mol. The van der Waals surface area contributed by atoms with Crippen LogP contribution in [0, 0.1) is 5.41 Å². The Hall–Kier alpha value is -0.670. The van der Waals surface area contributed by atoms with Crippen molar-refractivity contribution in [3.05, 3.63) is 12.7 Å². The lowest BCUT2D eigenvalue weighted by Crippen LogP contribution is -2.37. The SMILES string of the molecule is C=CC(C)=N.CC.CNC1CCNCC1. The van der Waals surface area contributed by atoms with E-state index >= 15 is 0 Å². The molecule has 0 saturated carbocycles. The van der Waals surface area contributed by atoms with E-state index in [2.05, 4.69) is 17.2 Å². The number of allylic oxidation sites excluding steroid dienone is 1. The van der Waals surface area contributed by atoms with Crippen molar-refractivity contribution in [2.45, 2.75) is 39.7 Å². The summed E-state index contributed by atoms with van der Waals surface area (Å²) in [6.45, 7) is 11.4. The van der Waals surface area contributed by atoms with Gasteiger partial charge in [-0.3, -0.25) is 0 Å². The molecule has 0 aromatic heterocycles. The zero-order valence-corrected chi connectivity index (χ0v) is 10.7. The van der Waals surface area contributed by atoms with Crippen molar-refractivity contribution in [3.63, 3.8) is 0 Å². The molecule has 15 heavy (non-hydrogen) atoms. The molecule has 0 unspecified atom stereocenters. The van der Waals surface area contributed by atoms with E-state index in [1.807, 2.05) is 20.9 Å². The standard InChI is InChI=1S/C6H14N2.C4H7N.C2H6/c1-7-6-2-4-8-5-3-6;1-3-4(2)5;1-2/h6-8H,2-5H2,1H3;3,5H,1H2,2H3;1-2H3. The minimum absolute atomic E-state index is 0.519. The fourth-order valence-corrected chi connectivity index (χ4v) is 1.11. The molecule has 1 fully saturated rings. The quantitative estimate of drug-likeness (QED) is 0.616. The fraction of sp³-hybridized carbons (Fsp3) is 0.750. The Kier molecular flexibility index (Phi) is 14.9. The molecule has 90 valence electrons. The summed E-state index contributed by atoms with van der Waals surface area (Å²) in [6, 6.07) is 0.774. The van der Waals surface area contributed by atoms with Crippen LogP contribution in [0.2, 0.25) is 0 Å². The monoisotopic (exact) mass is 213 g/mol. The van der Waals surface area contributed by atoms with E-state index in [4.69, 9.17) is 5.41 Å². The largest absolute Gasteiger partial charge is 0.317 e. The molecule has 0 aliphatic carbocycles. The Morgan fingerprint density at radius 3 is 2.00 bits per heavy atom. The van der Waals surface area contributed by atoms with Gasteiger partial charge < -0.3 is 16.0 Å². The topological polar surface area (TPSA) is 47.9 Å². The van der Waals surface area contributed by atoms with Gasteiger partial charge in [0.15, 0.2) is 0 Å². The molecule has 1 heterocycles. The van der Waals surface area contributed by atoms with E-state index < -0.39 is 0 Å². The van der Waals surface area contributed by atoms with E-state index in [1.165, 1.54) is 32.0 Å². The lowest BCUT2D eigenvalue weighted by molar-refractivity contribution is 0.409. The molecule has 0 radical (unpaired) electrons. The van der Waals surface area contributed by atoms with Crippen LogP contribution in [0.3, 0.4) is 0 Å². The zero-order valence-electron chi connectivity index (χ0n) is 10.7. The van der Waals surface area contributed by atoms with Crippen molar-refractivity contribution in [1.29, 1.82) is 5.41 Å². The van der Waals surface area contributed by atoms with E-state index in [1.54, 1.807) is 6.92 Å². The zero-order chi connectivity index (χ0) is 12.1. The Balaban J connectivity index is 0. The van der Waals surface area contributed by atoms with Crippen LogP contribution in [0.15, 0.2) is 12.7 Å². The maximum atomic E-state index is 6.62. The summed E-state index contributed by atoms with van der Waals surface area (Å²) in [7, 11) is 2.04. The van der Waals surface area contributed by atoms with E-state index in [0.29, 0.717) is 5.71 Å². The summed E-state index contributed by atoms with van der Waals surface area (Å²) in [6.07, 6.45) is 4.08. The molecule has 3 N–H and O–H groups in total. The number of hydrogen-bond acceptors (Lipinski definition) is 3. The highest BCUT2D eigenvalue weighted by Gasteiger charge is 2.08. The lowest BCUT2D eigenvalue weighted by Gasteiger charge is -2.21. The van der Waals surface area contributed by atoms with Gasteiger partial charge in [0.05, 0.1) is 0 Å². The minimum Gasteiger partial charge on any atom is -0.317 e. The van der Waals surface area contributed by atoms with Gasteiger partial charge in [0, 0.05) is 11.8 Å². The molecule has 1 aliphatic heterocycles. The van der Waals surface area contributed by atoms with Gasteiger partial charge in [0.2, 0.25) is 0 Å². The smallest absolute Gasteiger partial charge is 0.0277 e. The predicted molar refractivity (Wildman–Crippen MR) is 69.9 cm³/mol. The van der Waals surface area contributed by atoms with Crippen LogP contribution < -0.4 is 10.6 Å². The average molecular weight is 213 g/mol. The number of hydrogen-bond donors (Lipinski definition) is 3. The third-order valence-electron chi connectivity index (χ3n) is 2.05. The van der Waals surface area contributed by atoms with Crippen molar-refractivity contribution in [1.82, 2.24) is 10.6 Å². The molecule has 1 saturated heterocycles. The Morgan fingerprint density at radius 2 is 1.80 bits per heavy atom. The molecule has 3 nitrogen and oxygen atoms in total.